The summed E-state index contributed by atoms with van der Waals surface area (Å²) in [7, 11) is 0. The largest absolute Gasteiger partial charge is 0.393 e. The van der Waals surface area contributed by atoms with Crippen LogP contribution in [0.5, 0.6) is 0 Å². The third-order valence-electron chi connectivity index (χ3n) is 2.42. The predicted molar refractivity (Wildman–Crippen MR) is 79.9 cm³/mol. The number of benzene rings is 1. The smallest absolute Gasteiger partial charge is 0.159 e. The molecule has 1 aromatic carbocycles. The van der Waals surface area contributed by atoms with Gasteiger partial charge in [0.05, 0.1) is 10.7 Å². The highest BCUT2D eigenvalue weighted by Crippen LogP contribution is 2.29. The molecule has 2 rings (SSSR count). The maximum atomic E-state index is 6.07. The number of halogens is 1. The molecule has 0 radical (unpaired) electrons. The molecule has 0 aliphatic heterocycles. The Morgan fingerprint density at radius 3 is 2.74 bits per heavy atom. The van der Waals surface area contributed by atoms with E-state index in [0.717, 1.165) is 5.69 Å². The van der Waals surface area contributed by atoms with Crippen molar-refractivity contribution < 1.29 is 0 Å². The Morgan fingerprint density at radius 2 is 2.00 bits per heavy atom. The van der Waals surface area contributed by atoms with E-state index in [4.69, 9.17) is 17.3 Å². The highest BCUT2D eigenvalue weighted by molar-refractivity contribution is 6.33. The normalized spacial score (nSPS) is 9.95. The zero-order valence-corrected chi connectivity index (χ0v) is 11.0. The quantitative estimate of drug-likeness (QED) is 0.731. The van der Waals surface area contributed by atoms with E-state index in [-0.39, 0.29) is 0 Å². The van der Waals surface area contributed by atoms with E-state index in [2.05, 4.69) is 27.2 Å². The van der Waals surface area contributed by atoms with Gasteiger partial charge in [0.15, 0.2) is 11.6 Å². The van der Waals surface area contributed by atoms with Crippen molar-refractivity contribution in [2.45, 2.75) is 0 Å². The zero-order chi connectivity index (χ0) is 13.7. The van der Waals surface area contributed by atoms with Gasteiger partial charge in [0.25, 0.3) is 0 Å². The van der Waals surface area contributed by atoms with Crippen molar-refractivity contribution in [1.82, 2.24) is 9.97 Å². The van der Waals surface area contributed by atoms with Gasteiger partial charge in [0.1, 0.15) is 12.0 Å². The van der Waals surface area contributed by atoms with Crippen LogP contribution in [0, 0.1) is 0 Å². The molecule has 0 bridgehead atoms. The molecule has 0 aliphatic rings. The summed E-state index contributed by atoms with van der Waals surface area (Å²) in [5.74, 6) is 1.07. The summed E-state index contributed by atoms with van der Waals surface area (Å²) in [5, 5.41) is 6.72. The van der Waals surface area contributed by atoms with Gasteiger partial charge in [0, 0.05) is 6.54 Å². The molecule has 0 aliphatic carbocycles. The first-order valence-electron chi connectivity index (χ1n) is 5.69. The van der Waals surface area contributed by atoms with Crippen LogP contribution in [0.25, 0.3) is 0 Å². The van der Waals surface area contributed by atoms with Crippen molar-refractivity contribution >= 4 is 34.6 Å². The van der Waals surface area contributed by atoms with Gasteiger partial charge in [-0.1, -0.05) is 29.8 Å². The van der Waals surface area contributed by atoms with Crippen molar-refractivity contribution in [3.05, 3.63) is 48.3 Å². The summed E-state index contributed by atoms with van der Waals surface area (Å²) in [6, 6.07) is 7.37. The van der Waals surface area contributed by atoms with Crippen LogP contribution in [-0.4, -0.2) is 16.5 Å². The second-order valence-corrected chi connectivity index (χ2v) is 4.17. The van der Waals surface area contributed by atoms with Gasteiger partial charge in [-0.2, -0.15) is 0 Å². The van der Waals surface area contributed by atoms with Crippen LogP contribution >= 0.6 is 11.6 Å². The summed E-state index contributed by atoms with van der Waals surface area (Å²) in [5.41, 5.74) is 7.17. The van der Waals surface area contributed by atoms with E-state index < -0.39 is 0 Å². The van der Waals surface area contributed by atoms with Gasteiger partial charge in [-0.15, -0.1) is 6.58 Å². The number of rotatable bonds is 5. The number of nitrogens with zero attached hydrogens (tertiary/aromatic N) is 2. The molecule has 5 nitrogen and oxygen atoms in total. The molecule has 6 heteroatoms. The third-order valence-corrected chi connectivity index (χ3v) is 2.75. The third kappa shape index (κ3) is 3.14. The lowest BCUT2D eigenvalue weighted by Crippen LogP contribution is -2.07. The average molecular weight is 276 g/mol. The molecule has 2 aromatic rings. The number of nitrogens with two attached hydrogens (primary N) is 1. The number of hydrogen-bond donors (Lipinski definition) is 3. The minimum atomic E-state index is 0.435. The first-order valence-corrected chi connectivity index (χ1v) is 6.07. The lowest BCUT2D eigenvalue weighted by Gasteiger charge is -2.12. The molecule has 0 saturated heterocycles. The molecule has 0 spiro atoms. The second kappa shape index (κ2) is 6.06. The van der Waals surface area contributed by atoms with Crippen LogP contribution in [0.1, 0.15) is 0 Å². The topological polar surface area (TPSA) is 75.9 Å². The Kier molecular flexibility index (Phi) is 4.20. The van der Waals surface area contributed by atoms with Gasteiger partial charge in [0.2, 0.25) is 0 Å². The summed E-state index contributed by atoms with van der Waals surface area (Å²) >= 11 is 6.07. The fourth-order valence-electron chi connectivity index (χ4n) is 1.50. The Bertz CT molecular complexity index is 585. The molecule has 0 fully saturated rings. The van der Waals surface area contributed by atoms with Crippen LogP contribution in [0.2, 0.25) is 5.02 Å². The maximum Gasteiger partial charge on any atom is 0.159 e. The highest BCUT2D eigenvalue weighted by atomic mass is 35.5. The Hall–Kier alpha value is -2.27. The van der Waals surface area contributed by atoms with E-state index >= 15 is 0 Å². The van der Waals surface area contributed by atoms with E-state index in [1.807, 2.05) is 18.2 Å². The van der Waals surface area contributed by atoms with Gasteiger partial charge in [-0.05, 0) is 12.1 Å². The molecule has 4 N–H and O–H groups in total. The summed E-state index contributed by atoms with van der Waals surface area (Å²) < 4.78 is 0. The minimum Gasteiger partial charge on any atom is -0.393 e. The van der Waals surface area contributed by atoms with Crippen LogP contribution in [-0.2, 0) is 0 Å². The molecular formula is C13H14ClN5. The number of nitrogen functional groups attached to an aromatic ring is 1. The minimum absolute atomic E-state index is 0.435. The van der Waals surface area contributed by atoms with Crippen LogP contribution < -0.4 is 16.4 Å². The monoisotopic (exact) mass is 275 g/mol. The number of aromatic nitrogens is 2. The van der Waals surface area contributed by atoms with Crippen molar-refractivity contribution in [3.8, 4) is 0 Å². The van der Waals surface area contributed by atoms with Crippen molar-refractivity contribution in [2.75, 3.05) is 22.9 Å². The summed E-state index contributed by atoms with van der Waals surface area (Å²) in [6.45, 7) is 4.20. The van der Waals surface area contributed by atoms with E-state index in [1.165, 1.54) is 6.33 Å². The van der Waals surface area contributed by atoms with Gasteiger partial charge in [-0.25, -0.2) is 9.97 Å². The van der Waals surface area contributed by atoms with Crippen LogP contribution in [0.4, 0.5) is 23.0 Å². The van der Waals surface area contributed by atoms with Crippen molar-refractivity contribution in [2.24, 2.45) is 0 Å². The van der Waals surface area contributed by atoms with E-state index in [1.54, 1.807) is 12.1 Å². The number of hydrogen-bond acceptors (Lipinski definition) is 5. The van der Waals surface area contributed by atoms with Gasteiger partial charge < -0.3 is 16.4 Å². The van der Waals surface area contributed by atoms with E-state index in [9.17, 15) is 0 Å². The van der Waals surface area contributed by atoms with Gasteiger partial charge >= 0.3 is 0 Å². The molecule has 0 saturated carbocycles. The molecule has 98 valence electrons. The van der Waals surface area contributed by atoms with Crippen molar-refractivity contribution in [3.63, 3.8) is 0 Å². The Labute approximate surface area is 116 Å². The first kappa shape index (κ1) is 13.2. The summed E-state index contributed by atoms with van der Waals surface area (Å²) in [4.78, 5) is 8.18. The zero-order valence-electron chi connectivity index (χ0n) is 10.2. The lowest BCUT2D eigenvalue weighted by atomic mass is 10.3. The standard InChI is InChI=1S/C13H14ClN5/c1-2-7-16-12-11(15)13(18-8-17-12)19-10-6-4-3-5-9(10)14/h2-6,8H,1,7,15H2,(H2,16,17,18,19). The van der Waals surface area contributed by atoms with Gasteiger partial charge in [-0.3, -0.25) is 0 Å². The average Bonchev–Trinajstić information content (AvgIpc) is 2.42. The van der Waals surface area contributed by atoms with Crippen LogP contribution in [0.15, 0.2) is 43.2 Å². The molecule has 19 heavy (non-hydrogen) atoms. The predicted octanol–water partition coefficient (Wildman–Crippen LogP) is 3.05. The molecular weight excluding hydrogens is 262 g/mol. The molecule has 1 aromatic heterocycles. The lowest BCUT2D eigenvalue weighted by molar-refractivity contribution is 1.14. The Morgan fingerprint density at radius 1 is 1.26 bits per heavy atom. The molecule has 0 amide bonds. The highest BCUT2D eigenvalue weighted by Gasteiger charge is 2.08. The maximum absolute atomic E-state index is 6.07. The van der Waals surface area contributed by atoms with E-state index in [0.29, 0.717) is 28.9 Å². The summed E-state index contributed by atoms with van der Waals surface area (Å²) in [6.07, 6.45) is 3.16. The number of para-hydroxylation sites is 1. The molecule has 1 heterocycles. The fourth-order valence-corrected chi connectivity index (χ4v) is 1.68. The fraction of sp³-hybridized carbons (Fsp3) is 0.0769. The second-order valence-electron chi connectivity index (χ2n) is 3.76. The number of anilines is 4. The Balaban J connectivity index is 2.26. The molecule has 0 unspecified atom stereocenters. The first-order chi connectivity index (χ1) is 9.22. The van der Waals surface area contributed by atoms with Crippen LogP contribution in [0.3, 0.4) is 0 Å². The van der Waals surface area contributed by atoms with Crippen molar-refractivity contribution in [1.29, 1.82) is 0 Å². The molecule has 0 atom stereocenters. The number of nitrogens with one attached hydrogen (secondary N) is 2. The SMILES string of the molecule is C=CCNc1ncnc(Nc2ccccc2Cl)c1N.